The predicted octanol–water partition coefficient (Wildman–Crippen LogP) is 5.47. The van der Waals surface area contributed by atoms with Gasteiger partial charge < -0.3 is 10.6 Å². The minimum atomic E-state index is -0.285. The van der Waals surface area contributed by atoms with Gasteiger partial charge in [-0.1, -0.05) is 19.9 Å². The van der Waals surface area contributed by atoms with Gasteiger partial charge in [0.25, 0.3) is 5.91 Å². The fraction of sp³-hybridized carbons (Fsp3) is 0.296. The molecule has 34 heavy (non-hydrogen) atoms. The molecule has 1 aliphatic carbocycles. The number of imidazole rings is 1. The summed E-state index contributed by atoms with van der Waals surface area (Å²) in [6.45, 7) is 6.97. The third-order valence-corrected chi connectivity index (χ3v) is 5.99. The molecule has 0 saturated heterocycles. The van der Waals surface area contributed by atoms with Gasteiger partial charge >= 0.3 is 0 Å². The summed E-state index contributed by atoms with van der Waals surface area (Å²) in [4.78, 5) is 22.0. The van der Waals surface area contributed by atoms with Crippen LogP contribution in [0.5, 0.6) is 0 Å². The number of carbonyl (C=O) groups is 1. The van der Waals surface area contributed by atoms with Gasteiger partial charge in [-0.3, -0.25) is 9.20 Å². The molecule has 5 rings (SSSR count). The van der Waals surface area contributed by atoms with E-state index in [1.165, 1.54) is 12.1 Å². The van der Waals surface area contributed by atoms with E-state index in [0.717, 1.165) is 53.1 Å². The minimum absolute atomic E-state index is 0.0207. The molecule has 1 fully saturated rings. The molecule has 4 aromatic rings. The van der Waals surface area contributed by atoms with Crippen molar-refractivity contribution in [1.82, 2.24) is 19.7 Å². The summed E-state index contributed by atoms with van der Waals surface area (Å²) in [5.41, 5.74) is 5.71. The molecule has 2 aromatic heterocycles. The monoisotopic (exact) mass is 457 g/mol. The SMILES string of the molecule is Cc1cc(-c2cnc3c(NCC(C)C)nc(-c4ccc(F)cc4)cn23)ccc1C(=O)NC1CC1. The highest BCUT2D eigenvalue weighted by atomic mass is 19.1. The third-order valence-electron chi connectivity index (χ3n) is 5.99. The first kappa shape index (κ1) is 22.1. The lowest BCUT2D eigenvalue weighted by Crippen LogP contribution is -2.26. The Morgan fingerprint density at radius 3 is 2.56 bits per heavy atom. The largest absolute Gasteiger partial charge is 0.367 e. The van der Waals surface area contributed by atoms with Gasteiger partial charge in [0.1, 0.15) is 5.82 Å². The smallest absolute Gasteiger partial charge is 0.251 e. The molecule has 1 saturated carbocycles. The number of hydrogen-bond acceptors (Lipinski definition) is 4. The summed E-state index contributed by atoms with van der Waals surface area (Å²) in [5, 5.41) is 6.47. The first-order valence-corrected chi connectivity index (χ1v) is 11.7. The van der Waals surface area contributed by atoms with Gasteiger partial charge in [0.2, 0.25) is 0 Å². The van der Waals surface area contributed by atoms with Crippen molar-refractivity contribution in [2.75, 3.05) is 11.9 Å². The summed E-state index contributed by atoms with van der Waals surface area (Å²) < 4.78 is 15.5. The molecule has 0 spiro atoms. The zero-order chi connectivity index (χ0) is 23.8. The Hall–Kier alpha value is -3.74. The quantitative estimate of drug-likeness (QED) is 0.386. The van der Waals surface area contributed by atoms with Crippen molar-refractivity contribution < 1.29 is 9.18 Å². The number of fused-ring (bicyclic) bond motifs is 1. The predicted molar refractivity (Wildman–Crippen MR) is 132 cm³/mol. The molecule has 0 aliphatic heterocycles. The Bertz CT molecular complexity index is 1360. The van der Waals surface area contributed by atoms with E-state index in [0.29, 0.717) is 23.3 Å². The molecule has 1 amide bonds. The summed E-state index contributed by atoms with van der Waals surface area (Å²) in [6, 6.07) is 12.5. The van der Waals surface area contributed by atoms with Crippen molar-refractivity contribution in [2.45, 2.75) is 39.7 Å². The Kier molecular flexibility index (Phi) is 5.77. The van der Waals surface area contributed by atoms with Gasteiger partial charge in [-0.2, -0.15) is 0 Å². The second kappa shape index (κ2) is 8.89. The molecule has 6 nitrogen and oxygen atoms in total. The lowest BCUT2D eigenvalue weighted by molar-refractivity contribution is 0.0950. The van der Waals surface area contributed by atoms with Gasteiger partial charge in [0.15, 0.2) is 11.5 Å². The van der Waals surface area contributed by atoms with Gasteiger partial charge in [0, 0.05) is 35.5 Å². The molecule has 2 N–H and O–H groups in total. The number of halogens is 1. The first-order valence-electron chi connectivity index (χ1n) is 11.7. The standard InChI is InChI=1S/C27H28FN5O/c1-16(2)13-29-25-26-30-14-24(33(26)15-23(32-25)18-4-7-20(28)8-5-18)19-6-11-22(17(3)12-19)27(34)31-21-9-10-21/h4-8,11-12,14-16,21H,9-10,13H2,1-3H3,(H,29,32)(H,31,34). The fourth-order valence-electron chi connectivity index (χ4n) is 3.95. The Balaban J connectivity index is 1.58. The Morgan fingerprint density at radius 2 is 1.88 bits per heavy atom. The maximum Gasteiger partial charge on any atom is 0.251 e. The third kappa shape index (κ3) is 4.51. The Labute approximate surface area is 198 Å². The van der Waals surface area contributed by atoms with E-state index in [4.69, 9.17) is 4.98 Å². The van der Waals surface area contributed by atoms with E-state index >= 15 is 0 Å². The number of benzene rings is 2. The van der Waals surface area contributed by atoms with E-state index in [2.05, 4.69) is 29.5 Å². The molecular formula is C27H28FN5O. The van der Waals surface area contributed by atoms with Crippen LogP contribution in [-0.4, -0.2) is 32.9 Å². The van der Waals surface area contributed by atoms with Gasteiger partial charge in [-0.25, -0.2) is 14.4 Å². The Morgan fingerprint density at radius 1 is 1.15 bits per heavy atom. The summed E-state index contributed by atoms with van der Waals surface area (Å²) in [6.07, 6.45) is 5.86. The maximum absolute atomic E-state index is 13.5. The molecule has 0 radical (unpaired) electrons. The highest BCUT2D eigenvalue weighted by Crippen LogP contribution is 2.29. The molecule has 0 unspecified atom stereocenters. The van der Waals surface area contributed by atoms with Crippen LogP contribution in [0.25, 0.3) is 28.2 Å². The lowest BCUT2D eigenvalue weighted by atomic mass is 10.0. The number of nitrogens with one attached hydrogen (secondary N) is 2. The van der Waals surface area contributed by atoms with Crippen LogP contribution in [0.1, 0.15) is 42.6 Å². The van der Waals surface area contributed by atoms with Crippen LogP contribution in [0.4, 0.5) is 10.2 Å². The van der Waals surface area contributed by atoms with Crippen LogP contribution in [-0.2, 0) is 0 Å². The zero-order valence-corrected chi connectivity index (χ0v) is 19.6. The number of hydrogen-bond donors (Lipinski definition) is 2. The van der Waals surface area contributed by atoms with Gasteiger partial charge in [-0.05, 0) is 67.6 Å². The number of rotatable bonds is 7. The molecular weight excluding hydrogens is 429 g/mol. The number of amides is 1. The van der Waals surface area contributed by atoms with E-state index in [-0.39, 0.29) is 11.7 Å². The molecule has 7 heteroatoms. The molecule has 2 aromatic carbocycles. The lowest BCUT2D eigenvalue weighted by Gasteiger charge is -2.13. The summed E-state index contributed by atoms with van der Waals surface area (Å²) >= 11 is 0. The molecule has 0 atom stereocenters. The molecule has 174 valence electrons. The topological polar surface area (TPSA) is 71.3 Å². The average molecular weight is 458 g/mol. The molecule has 1 aliphatic rings. The van der Waals surface area contributed by atoms with E-state index in [9.17, 15) is 9.18 Å². The fourth-order valence-corrected chi connectivity index (χ4v) is 3.95. The second-order valence-corrected chi connectivity index (χ2v) is 9.37. The van der Waals surface area contributed by atoms with Crippen molar-refractivity contribution in [3.05, 3.63) is 71.8 Å². The van der Waals surface area contributed by atoms with Crippen LogP contribution in [0.3, 0.4) is 0 Å². The zero-order valence-electron chi connectivity index (χ0n) is 19.6. The molecule has 2 heterocycles. The van der Waals surface area contributed by atoms with Gasteiger partial charge in [-0.15, -0.1) is 0 Å². The van der Waals surface area contributed by atoms with Crippen LogP contribution >= 0.6 is 0 Å². The van der Waals surface area contributed by atoms with Crippen molar-refractivity contribution in [3.8, 4) is 22.5 Å². The number of anilines is 1. The second-order valence-electron chi connectivity index (χ2n) is 9.37. The van der Waals surface area contributed by atoms with Crippen molar-refractivity contribution in [2.24, 2.45) is 5.92 Å². The van der Waals surface area contributed by atoms with E-state index < -0.39 is 0 Å². The summed E-state index contributed by atoms with van der Waals surface area (Å²) in [7, 11) is 0. The van der Waals surface area contributed by atoms with E-state index in [1.54, 1.807) is 12.1 Å². The van der Waals surface area contributed by atoms with Crippen molar-refractivity contribution in [1.29, 1.82) is 0 Å². The highest BCUT2D eigenvalue weighted by molar-refractivity contribution is 5.96. The normalized spacial score (nSPS) is 13.4. The van der Waals surface area contributed by atoms with E-state index in [1.807, 2.05) is 41.9 Å². The van der Waals surface area contributed by atoms with Crippen LogP contribution in [0.15, 0.2) is 54.9 Å². The number of aromatic nitrogens is 3. The van der Waals surface area contributed by atoms with Crippen LogP contribution in [0.2, 0.25) is 0 Å². The van der Waals surface area contributed by atoms with Crippen molar-refractivity contribution >= 4 is 17.4 Å². The number of carbonyl (C=O) groups excluding carboxylic acids is 1. The molecule has 0 bridgehead atoms. The van der Waals surface area contributed by atoms with Gasteiger partial charge in [0.05, 0.1) is 17.6 Å². The first-order chi connectivity index (χ1) is 16.4. The minimum Gasteiger partial charge on any atom is -0.367 e. The summed E-state index contributed by atoms with van der Waals surface area (Å²) in [5.74, 6) is 0.807. The van der Waals surface area contributed by atoms with Crippen molar-refractivity contribution in [3.63, 3.8) is 0 Å². The number of nitrogens with zero attached hydrogens (tertiary/aromatic N) is 3. The maximum atomic E-state index is 13.5. The van der Waals surface area contributed by atoms with Crippen LogP contribution < -0.4 is 10.6 Å². The highest BCUT2D eigenvalue weighted by Gasteiger charge is 2.24. The van der Waals surface area contributed by atoms with Crippen LogP contribution in [0, 0.1) is 18.7 Å². The number of aryl methyl sites for hydroxylation is 1. The average Bonchev–Trinajstić information content (AvgIpc) is 3.52.